The van der Waals surface area contributed by atoms with Crippen LogP contribution in [0.2, 0.25) is 0 Å². The summed E-state index contributed by atoms with van der Waals surface area (Å²) in [5.74, 6) is 0. The Kier molecular flexibility index (Phi) is 5.19. The Bertz CT molecular complexity index is 1140. The number of aryl methyl sites for hydroxylation is 1. The van der Waals surface area contributed by atoms with Crippen molar-refractivity contribution >= 4 is 16.6 Å². The molecule has 1 aromatic carbocycles. The Morgan fingerprint density at radius 2 is 1.79 bits per heavy atom. The third-order valence-electron chi connectivity index (χ3n) is 5.54. The van der Waals surface area contributed by atoms with Crippen molar-refractivity contribution in [1.82, 2.24) is 24.2 Å². The molecule has 1 saturated heterocycles. The molecule has 0 atom stereocenters. The van der Waals surface area contributed by atoms with Gasteiger partial charge in [0.2, 0.25) is 0 Å². The highest BCUT2D eigenvalue weighted by Crippen LogP contribution is 2.21. The Hall–Kier alpha value is -3.00. The van der Waals surface area contributed by atoms with Crippen LogP contribution in [0.15, 0.2) is 46.4 Å². The van der Waals surface area contributed by atoms with Gasteiger partial charge in [-0.2, -0.15) is 5.10 Å². The molecule has 4 rings (SSSR count). The maximum atomic E-state index is 12.6. The predicted molar refractivity (Wildman–Crippen MR) is 113 cm³/mol. The molecule has 0 unspecified atom stereocenters. The van der Waals surface area contributed by atoms with Gasteiger partial charge in [0.05, 0.1) is 17.2 Å². The zero-order valence-corrected chi connectivity index (χ0v) is 17.1. The highest BCUT2D eigenvalue weighted by Gasteiger charge is 2.19. The van der Waals surface area contributed by atoms with Crippen LogP contribution in [0.25, 0.3) is 10.9 Å². The molecule has 3 heterocycles. The number of hydrogen-bond donors (Lipinski definition) is 0. The van der Waals surface area contributed by atoms with E-state index in [1.807, 2.05) is 32.0 Å². The standard InChI is InChI=1S/C21H26N6O2/c1-15(2)27-14-22-19-12-17(4-5-18(19)21(27)29)26-10-8-25(9-11-26)13-16-6-7-23-24(3)20(16)28/h4-7,12,14-15H,8-11,13H2,1-3H3. The summed E-state index contributed by atoms with van der Waals surface area (Å²) in [6.45, 7) is 8.05. The second kappa shape index (κ2) is 7.79. The minimum Gasteiger partial charge on any atom is -0.369 e. The Balaban J connectivity index is 1.47. The summed E-state index contributed by atoms with van der Waals surface area (Å²) in [6.07, 6.45) is 3.30. The molecule has 3 aromatic rings. The number of piperazine rings is 1. The summed E-state index contributed by atoms with van der Waals surface area (Å²) in [7, 11) is 1.67. The highest BCUT2D eigenvalue weighted by molar-refractivity contribution is 5.81. The zero-order valence-electron chi connectivity index (χ0n) is 17.1. The number of fused-ring (bicyclic) bond motifs is 1. The van der Waals surface area contributed by atoms with Gasteiger partial charge in [0.15, 0.2) is 0 Å². The summed E-state index contributed by atoms with van der Waals surface area (Å²) < 4.78 is 3.03. The second-order valence-electron chi connectivity index (χ2n) is 7.80. The van der Waals surface area contributed by atoms with Crippen LogP contribution >= 0.6 is 0 Å². The van der Waals surface area contributed by atoms with E-state index in [-0.39, 0.29) is 17.2 Å². The Morgan fingerprint density at radius 1 is 1.03 bits per heavy atom. The first-order valence-electron chi connectivity index (χ1n) is 9.93. The molecule has 8 heteroatoms. The van der Waals surface area contributed by atoms with E-state index in [1.54, 1.807) is 30.2 Å². The first-order valence-corrected chi connectivity index (χ1v) is 9.93. The first-order chi connectivity index (χ1) is 13.9. The number of benzene rings is 1. The van der Waals surface area contributed by atoms with Crippen LogP contribution in [0.3, 0.4) is 0 Å². The van der Waals surface area contributed by atoms with E-state index in [9.17, 15) is 9.59 Å². The van der Waals surface area contributed by atoms with Gasteiger partial charge in [-0.25, -0.2) is 9.67 Å². The maximum Gasteiger partial charge on any atom is 0.270 e. The van der Waals surface area contributed by atoms with Crippen molar-refractivity contribution in [3.63, 3.8) is 0 Å². The SMILES string of the molecule is CC(C)n1cnc2cc(N3CCN(Cc4ccnn(C)c4=O)CC3)ccc2c1=O. The van der Waals surface area contributed by atoms with Gasteiger partial charge in [0, 0.05) is 63.3 Å². The largest absolute Gasteiger partial charge is 0.369 e. The molecule has 8 nitrogen and oxygen atoms in total. The topological polar surface area (TPSA) is 76.3 Å². The van der Waals surface area contributed by atoms with Crippen molar-refractivity contribution < 1.29 is 0 Å². The number of anilines is 1. The monoisotopic (exact) mass is 394 g/mol. The first kappa shape index (κ1) is 19.3. The molecule has 0 amide bonds. The molecule has 2 aromatic heterocycles. The fourth-order valence-corrected chi connectivity index (χ4v) is 3.77. The number of hydrogen-bond acceptors (Lipinski definition) is 6. The van der Waals surface area contributed by atoms with E-state index < -0.39 is 0 Å². The summed E-state index contributed by atoms with van der Waals surface area (Å²) in [5, 5.41) is 4.63. The van der Waals surface area contributed by atoms with E-state index in [4.69, 9.17) is 0 Å². The number of nitrogens with zero attached hydrogens (tertiary/aromatic N) is 6. The molecule has 29 heavy (non-hydrogen) atoms. The summed E-state index contributed by atoms with van der Waals surface area (Å²) in [5.41, 5.74) is 2.54. The number of rotatable bonds is 4. The van der Waals surface area contributed by atoms with Crippen molar-refractivity contribution in [1.29, 1.82) is 0 Å². The van der Waals surface area contributed by atoms with E-state index >= 15 is 0 Å². The normalized spacial score (nSPS) is 15.4. The molecule has 1 aliphatic heterocycles. The van der Waals surface area contributed by atoms with Gasteiger partial charge in [0.25, 0.3) is 11.1 Å². The summed E-state index contributed by atoms with van der Waals surface area (Å²) >= 11 is 0. The lowest BCUT2D eigenvalue weighted by Crippen LogP contribution is -2.46. The molecule has 0 saturated carbocycles. The fourth-order valence-electron chi connectivity index (χ4n) is 3.77. The van der Waals surface area contributed by atoms with Crippen LogP contribution in [0.1, 0.15) is 25.5 Å². The third kappa shape index (κ3) is 3.80. The molecule has 0 N–H and O–H groups in total. The van der Waals surface area contributed by atoms with Crippen LogP contribution < -0.4 is 16.0 Å². The van der Waals surface area contributed by atoms with Crippen molar-refractivity contribution in [3.05, 3.63) is 63.1 Å². The predicted octanol–water partition coefficient (Wildman–Crippen LogP) is 1.39. The third-order valence-corrected chi connectivity index (χ3v) is 5.54. The lowest BCUT2D eigenvalue weighted by Gasteiger charge is -2.36. The second-order valence-corrected chi connectivity index (χ2v) is 7.80. The molecule has 152 valence electrons. The molecule has 0 bridgehead atoms. The van der Waals surface area contributed by atoms with Crippen LogP contribution in [-0.2, 0) is 13.6 Å². The van der Waals surface area contributed by atoms with Gasteiger partial charge in [-0.05, 0) is 38.1 Å². The summed E-state index contributed by atoms with van der Waals surface area (Å²) in [6, 6.07) is 7.77. The van der Waals surface area contributed by atoms with Crippen molar-refractivity contribution in [2.75, 3.05) is 31.1 Å². The van der Waals surface area contributed by atoms with Gasteiger partial charge in [-0.15, -0.1) is 0 Å². The van der Waals surface area contributed by atoms with Crippen LogP contribution in [0.4, 0.5) is 5.69 Å². The molecule has 0 aliphatic carbocycles. The van der Waals surface area contributed by atoms with E-state index in [2.05, 4.69) is 19.9 Å². The van der Waals surface area contributed by atoms with Crippen LogP contribution in [0.5, 0.6) is 0 Å². The van der Waals surface area contributed by atoms with Gasteiger partial charge < -0.3 is 4.90 Å². The Labute approximate surface area is 169 Å². The van der Waals surface area contributed by atoms with E-state index in [1.165, 1.54) is 4.68 Å². The van der Waals surface area contributed by atoms with E-state index in [0.29, 0.717) is 11.9 Å². The summed E-state index contributed by atoms with van der Waals surface area (Å²) in [4.78, 5) is 33.8. The quantitative estimate of drug-likeness (QED) is 0.666. The molecule has 0 radical (unpaired) electrons. The average molecular weight is 394 g/mol. The molecular formula is C21H26N6O2. The van der Waals surface area contributed by atoms with Crippen molar-refractivity contribution in [2.24, 2.45) is 7.05 Å². The maximum absolute atomic E-state index is 12.6. The molecule has 0 spiro atoms. The minimum absolute atomic E-state index is 0.000278. The number of aromatic nitrogens is 4. The van der Waals surface area contributed by atoms with Crippen molar-refractivity contribution in [3.8, 4) is 0 Å². The lowest BCUT2D eigenvalue weighted by atomic mass is 10.1. The highest BCUT2D eigenvalue weighted by atomic mass is 16.1. The Morgan fingerprint density at radius 3 is 2.52 bits per heavy atom. The molecule has 1 fully saturated rings. The lowest BCUT2D eigenvalue weighted by molar-refractivity contribution is 0.248. The van der Waals surface area contributed by atoms with Crippen LogP contribution in [0, 0.1) is 0 Å². The minimum atomic E-state index is -0.0393. The van der Waals surface area contributed by atoms with Gasteiger partial charge in [-0.1, -0.05) is 0 Å². The zero-order chi connectivity index (χ0) is 20.5. The smallest absolute Gasteiger partial charge is 0.270 e. The molecular weight excluding hydrogens is 368 g/mol. The van der Waals surface area contributed by atoms with E-state index in [0.717, 1.165) is 42.9 Å². The fraction of sp³-hybridized carbons (Fsp3) is 0.429. The average Bonchev–Trinajstić information content (AvgIpc) is 2.72. The molecule has 1 aliphatic rings. The van der Waals surface area contributed by atoms with Crippen molar-refractivity contribution in [2.45, 2.75) is 26.4 Å². The van der Waals surface area contributed by atoms with Gasteiger partial charge in [-0.3, -0.25) is 19.1 Å². The van der Waals surface area contributed by atoms with Gasteiger partial charge >= 0.3 is 0 Å². The van der Waals surface area contributed by atoms with Crippen LogP contribution in [-0.4, -0.2) is 50.4 Å². The van der Waals surface area contributed by atoms with Gasteiger partial charge in [0.1, 0.15) is 0 Å².